The molecular weight excluding hydrogens is 817 g/mol. The molecule has 2 rings (SSSR count). The standard InChI is InChI=1S/C42H70N12O9/c1-23(2)11-12-27(46)35(56)48-31-16-20-47-42(63)34(25(5)55)54-39(60)30(15-19-45)50-36(57)28(13-17-43)51-40(61)32(21-24(3)4)52-41(62)33(22-26-9-7-6-8-10-26)53-37(58)29(14-18-44)49-38(31)59/h6-10,24-25,27-34,55H,1,11-22,43-46H2,2-5H3,(H,47,63)(H,48,56)(H,49,59)(H,50,57)(H,51,61)(H,52,62)(H,53,58)(H,54,60)/t25-,27+,28+,29+,30+,31+,32+,33-,34+/m1/s1. The maximum absolute atomic E-state index is 14.2. The molecule has 0 bridgehead atoms. The van der Waals surface area contributed by atoms with Gasteiger partial charge >= 0.3 is 0 Å². The minimum atomic E-state index is -1.56. The van der Waals surface area contributed by atoms with Gasteiger partial charge in [0.05, 0.1) is 12.1 Å². The van der Waals surface area contributed by atoms with Crippen molar-refractivity contribution in [3.05, 3.63) is 48.0 Å². The normalized spacial score (nSPS) is 24.9. The van der Waals surface area contributed by atoms with Crippen LogP contribution in [0.2, 0.25) is 0 Å². The third-order valence-electron chi connectivity index (χ3n) is 10.2. The monoisotopic (exact) mass is 887 g/mol. The lowest BCUT2D eigenvalue weighted by Gasteiger charge is -2.28. The van der Waals surface area contributed by atoms with Crippen LogP contribution in [0.1, 0.15) is 78.2 Å². The lowest BCUT2D eigenvalue weighted by Crippen LogP contribution is -2.61. The van der Waals surface area contributed by atoms with Gasteiger partial charge in [0, 0.05) is 13.0 Å². The minimum Gasteiger partial charge on any atom is -0.391 e. The van der Waals surface area contributed by atoms with Crippen molar-refractivity contribution in [1.82, 2.24) is 42.5 Å². The molecule has 352 valence electrons. The van der Waals surface area contributed by atoms with Gasteiger partial charge < -0.3 is 70.6 Å². The number of rotatable bonds is 16. The van der Waals surface area contributed by atoms with Gasteiger partial charge in [-0.15, -0.1) is 6.58 Å². The van der Waals surface area contributed by atoms with Gasteiger partial charge in [-0.05, 0) is 89.9 Å². The van der Waals surface area contributed by atoms with Gasteiger partial charge in [-0.25, -0.2) is 0 Å². The van der Waals surface area contributed by atoms with E-state index in [1.165, 1.54) is 6.92 Å². The Labute approximate surface area is 369 Å². The molecular formula is C42H70N12O9. The van der Waals surface area contributed by atoms with E-state index < -0.39 is 102 Å². The summed E-state index contributed by atoms with van der Waals surface area (Å²) in [6, 6.07) is -1.70. The van der Waals surface area contributed by atoms with Crippen molar-refractivity contribution < 1.29 is 43.5 Å². The molecule has 0 saturated carbocycles. The molecule has 0 radical (unpaired) electrons. The maximum atomic E-state index is 14.2. The van der Waals surface area contributed by atoms with Crippen LogP contribution < -0.4 is 65.5 Å². The number of nitrogens with two attached hydrogens (primary N) is 4. The Balaban J connectivity index is 2.69. The molecule has 1 aromatic rings. The molecule has 1 heterocycles. The molecule has 21 nitrogen and oxygen atoms in total. The van der Waals surface area contributed by atoms with Crippen molar-refractivity contribution in [2.45, 2.75) is 134 Å². The largest absolute Gasteiger partial charge is 0.391 e. The molecule has 1 aliphatic rings. The summed E-state index contributed by atoms with van der Waals surface area (Å²) < 4.78 is 0. The second kappa shape index (κ2) is 27.6. The average Bonchev–Trinajstić information content (AvgIpc) is 3.22. The smallest absolute Gasteiger partial charge is 0.245 e. The van der Waals surface area contributed by atoms with Crippen molar-refractivity contribution in [3.63, 3.8) is 0 Å². The van der Waals surface area contributed by atoms with Crippen LogP contribution in [0.25, 0.3) is 0 Å². The highest BCUT2D eigenvalue weighted by Crippen LogP contribution is 2.11. The lowest BCUT2D eigenvalue weighted by atomic mass is 10.00. The number of carbonyl (C=O) groups is 8. The molecule has 0 unspecified atom stereocenters. The molecule has 1 fully saturated rings. The molecule has 0 aromatic heterocycles. The van der Waals surface area contributed by atoms with Gasteiger partial charge in [0.1, 0.15) is 42.3 Å². The van der Waals surface area contributed by atoms with Gasteiger partial charge in [0.25, 0.3) is 0 Å². The van der Waals surface area contributed by atoms with Gasteiger partial charge in [-0.2, -0.15) is 0 Å². The number of benzene rings is 1. The minimum absolute atomic E-state index is 0.0333. The number of carbonyl (C=O) groups excluding carboxylic acids is 8. The van der Waals surface area contributed by atoms with Gasteiger partial charge in [-0.3, -0.25) is 38.4 Å². The van der Waals surface area contributed by atoms with Crippen LogP contribution in [0.4, 0.5) is 0 Å². The highest BCUT2D eigenvalue weighted by atomic mass is 16.3. The van der Waals surface area contributed by atoms with Crippen LogP contribution in [0.3, 0.4) is 0 Å². The first kappa shape index (κ1) is 53.7. The van der Waals surface area contributed by atoms with E-state index in [1.807, 2.05) is 13.8 Å². The van der Waals surface area contributed by atoms with E-state index in [1.54, 1.807) is 37.3 Å². The zero-order valence-corrected chi connectivity index (χ0v) is 36.9. The second-order valence-electron chi connectivity index (χ2n) is 16.3. The summed E-state index contributed by atoms with van der Waals surface area (Å²) >= 11 is 0. The summed E-state index contributed by atoms with van der Waals surface area (Å²) in [6.07, 6.45) is -1.27. The number of amides is 8. The van der Waals surface area contributed by atoms with Gasteiger partial charge in [-0.1, -0.05) is 49.8 Å². The predicted octanol–water partition coefficient (Wildman–Crippen LogP) is -3.70. The molecule has 1 aliphatic heterocycles. The average molecular weight is 887 g/mol. The zero-order chi connectivity index (χ0) is 47.2. The highest BCUT2D eigenvalue weighted by molar-refractivity contribution is 5.98. The maximum Gasteiger partial charge on any atom is 0.245 e. The Morgan fingerprint density at radius 3 is 1.67 bits per heavy atom. The fourth-order valence-electron chi connectivity index (χ4n) is 6.62. The quantitative estimate of drug-likeness (QED) is 0.0712. The number of nitrogens with one attached hydrogen (secondary N) is 8. The molecule has 1 saturated heterocycles. The van der Waals surface area contributed by atoms with Crippen LogP contribution in [0.5, 0.6) is 0 Å². The van der Waals surface area contributed by atoms with Crippen LogP contribution in [0.15, 0.2) is 42.5 Å². The Bertz CT molecular complexity index is 1710. The van der Waals surface area contributed by atoms with Crippen molar-refractivity contribution >= 4 is 47.3 Å². The van der Waals surface area contributed by atoms with E-state index in [-0.39, 0.29) is 77.0 Å². The Morgan fingerprint density at radius 1 is 0.714 bits per heavy atom. The number of aliphatic hydroxyl groups is 1. The van der Waals surface area contributed by atoms with E-state index in [4.69, 9.17) is 22.9 Å². The lowest BCUT2D eigenvalue weighted by molar-refractivity contribution is -0.136. The summed E-state index contributed by atoms with van der Waals surface area (Å²) in [5, 5.41) is 31.4. The topological polar surface area (TPSA) is 357 Å². The molecule has 0 aliphatic carbocycles. The molecule has 0 spiro atoms. The summed E-state index contributed by atoms with van der Waals surface area (Å²) in [6.45, 7) is 9.97. The summed E-state index contributed by atoms with van der Waals surface area (Å²) in [7, 11) is 0. The zero-order valence-electron chi connectivity index (χ0n) is 36.9. The predicted molar refractivity (Wildman–Crippen MR) is 235 cm³/mol. The van der Waals surface area contributed by atoms with E-state index >= 15 is 0 Å². The van der Waals surface area contributed by atoms with E-state index in [2.05, 4.69) is 49.1 Å². The Kier molecular flexibility index (Phi) is 23.5. The molecule has 63 heavy (non-hydrogen) atoms. The van der Waals surface area contributed by atoms with Crippen LogP contribution in [-0.2, 0) is 44.8 Å². The molecule has 1 aromatic carbocycles. The highest BCUT2D eigenvalue weighted by Gasteiger charge is 2.35. The second-order valence-corrected chi connectivity index (χ2v) is 16.3. The molecule has 21 heteroatoms. The van der Waals surface area contributed by atoms with Gasteiger partial charge in [0.15, 0.2) is 0 Å². The van der Waals surface area contributed by atoms with E-state index in [0.29, 0.717) is 12.0 Å². The first-order valence-corrected chi connectivity index (χ1v) is 21.4. The summed E-state index contributed by atoms with van der Waals surface area (Å²) in [4.78, 5) is 110. The third-order valence-corrected chi connectivity index (χ3v) is 10.2. The fraction of sp³-hybridized carbons (Fsp3) is 0.619. The van der Waals surface area contributed by atoms with Crippen LogP contribution >= 0.6 is 0 Å². The van der Waals surface area contributed by atoms with E-state index in [9.17, 15) is 43.5 Å². The van der Waals surface area contributed by atoms with Gasteiger partial charge in [0.2, 0.25) is 47.3 Å². The third kappa shape index (κ3) is 18.8. The Morgan fingerprint density at radius 2 is 1.17 bits per heavy atom. The summed E-state index contributed by atoms with van der Waals surface area (Å²) in [5.74, 6) is -6.55. The number of hydrogen-bond donors (Lipinski definition) is 13. The number of hydrogen-bond acceptors (Lipinski definition) is 13. The summed E-state index contributed by atoms with van der Waals surface area (Å²) in [5.41, 5.74) is 25.0. The van der Waals surface area contributed by atoms with Crippen LogP contribution in [-0.4, -0.2) is 133 Å². The number of aliphatic hydroxyl groups excluding tert-OH is 1. The van der Waals surface area contributed by atoms with E-state index in [0.717, 1.165) is 5.57 Å². The molecule has 9 atom stereocenters. The van der Waals surface area contributed by atoms with Crippen LogP contribution in [0, 0.1) is 5.92 Å². The Hall–Kier alpha value is -5.48. The SMILES string of the molecule is C=C(C)CC[C@H](N)C(=O)N[C@H]1CCNC(=O)[C@H]([C@@H](C)O)NC(=O)[C@H](CCN)NC(=O)[C@H](CCN)NC(=O)[C@H](CC(C)C)NC(=O)[C@@H](Cc2ccccc2)NC(=O)[C@H](CCN)NC1=O. The van der Waals surface area contributed by atoms with Crippen molar-refractivity contribution in [3.8, 4) is 0 Å². The molecule has 17 N–H and O–H groups in total. The van der Waals surface area contributed by atoms with Crippen molar-refractivity contribution in [2.75, 3.05) is 26.2 Å². The van der Waals surface area contributed by atoms with Crippen molar-refractivity contribution in [1.29, 1.82) is 0 Å². The fourth-order valence-corrected chi connectivity index (χ4v) is 6.62. The first-order chi connectivity index (χ1) is 29.8. The molecule has 8 amide bonds. The first-order valence-electron chi connectivity index (χ1n) is 21.4. The van der Waals surface area contributed by atoms with Crippen molar-refractivity contribution in [2.24, 2.45) is 28.9 Å². The number of allylic oxidation sites excluding steroid dienone is 1.